The normalized spacial score (nSPS) is 13.0. The van der Waals surface area contributed by atoms with Crippen LogP contribution < -0.4 is 10.6 Å². The molecule has 0 bridgehead atoms. The van der Waals surface area contributed by atoms with Gasteiger partial charge in [0.2, 0.25) is 0 Å². The molecule has 0 spiro atoms. The number of benzene rings is 2. The summed E-state index contributed by atoms with van der Waals surface area (Å²) in [6.07, 6.45) is -4.96. The van der Waals surface area contributed by atoms with Crippen molar-refractivity contribution in [1.82, 2.24) is 20.7 Å². The van der Waals surface area contributed by atoms with Gasteiger partial charge in [-0.1, -0.05) is 18.2 Å². The number of carbonyl (C=O) groups excluding carboxylic acids is 1. The van der Waals surface area contributed by atoms with E-state index in [0.717, 1.165) is 17.7 Å². The molecule has 0 saturated heterocycles. The van der Waals surface area contributed by atoms with Gasteiger partial charge < -0.3 is 15.4 Å². The third-order valence-electron chi connectivity index (χ3n) is 4.52. The van der Waals surface area contributed by atoms with Gasteiger partial charge in [0.25, 0.3) is 0 Å². The minimum absolute atomic E-state index is 0.218. The van der Waals surface area contributed by atoms with Crippen LogP contribution in [0.3, 0.4) is 0 Å². The maximum atomic E-state index is 13.0. The number of ether oxygens (including phenoxy) is 1. The number of nitrogens with one attached hydrogen (secondary N) is 2. The lowest BCUT2D eigenvalue weighted by molar-refractivity contribution is -0.137. The molecule has 2 N–H and O–H groups in total. The monoisotopic (exact) mass is 447 g/mol. The van der Waals surface area contributed by atoms with Gasteiger partial charge in [-0.25, -0.2) is 4.79 Å². The molecule has 3 aromatic rings. The van der Waals surface area contributed by atoms with Crippen LogP contribution in [0.1, 0.15) is 50.4 Å². The summed E-state index contributed by atoms with van der Waals surface area (Å²) >= 11 is 0. The highest BCUT2D eigenvalue weighted by atomic mass is 19.4. The zero-order valence-electron chi connectivity index (χ0n) is 18.1. The van der Waals surface area contributed by atoms with Gasteiger partial charge in [0.15, 0.2) is 5.82 Å². The molecule has 32 heavy (non-hydrogen) atoms. The quantitative estimate of drug-likeness (QED) is 0.556. The van der Waals surface area contributed by atoms with E-state index >= 15 is 0 Å². The molecule has 1 heterocycles. The first-order valence-corrected chi connectivity index (χ1v) is 9.95. The van der Waals surface area contributed by atoms with Crippen molar-refractivity contribution in [2.45, 2.75) is 52.1 Å². The van der Waals surface area contributed by atoms with Crippen LogP contribution in [-0.2, 0) is 17.5 Å². The Morgan fingerprint density at radius 2 is 1.84 bits per heavy atom. The SMILES string of the molecule is C[C@@H](Nc1nnnc2ccc(CNC(=O)OC(C)(C)C)cc12)c1cccc(C(F)(F)F)c1. The number of alkyl carbamates (subject to hydrolysis) is 1. The highest BCUT2D eigenvalue weighted by Crippen LogP contribution is 2.32. The molecular weight excluding hydrogens is 423 g/mol. The molecule has 0 radical (unpaired) electrons. The maximum absolute atomic E-state index is 13.0. The fraction of sp³-hybridized carbons (Fsp3) is 0.364. The second-order valence-corrected chi connectivity index (χ2v) is 8.33. The fourth-order valence-electron chi connectivity index (χ4n) is 3.01. The molecule has 1 atom stereocenters. The zero-order valence-corrected chi connectivity index (χ0v) is 18.1. The molecule has 7 nitrogen and oxygen atoms in total. The van der Waals surface area contributed by atoms with Crippen LogP contribution in [0.15, 0.2) is 42.5 Å². The van der Waals surface area contributed by atoms with E-state index in [4.69, 9.17) is 4.74 Å². The molecule has 0 fully saturated rings. The van der Waals surface area contributed by atoms with Crippen LogP contribution in [0.25, 0.3) is 10.9 Å². The molecule has 10 heteroatoms. The second-order valence-electron chi connectivity index (χ2n) is 8.33. The molecule has 0 aliphatic heterocycles. The van der Waals surface area contributed by atoms with Crippen molar-refractivity contribution >= 4 is 22.8 Å². The Kier molecular flexibility index (Phi) is 6.52. The summed E-state index contributed by atoms with van der Waals surface area (Å²) in [6, 6.07) is 9.94. The number of nitrogens with zero attached hydrogens (tertiary/aromatic N) is 3. The Bertz CT molecular complexity index is 1110. The largest absolute Gasteiger partial charge is 0.444 e. The van der Waals surface area contributed by atoms with Crippen molar-refractivity contribution in [3.8, 4) is 0 Å². The second kappa shape index (κ2) is 8.97. The molecule has 170 valence electrons. The van der Waals surface area contributed by atoms with E-state index in [9.17, 15) is 18.0 Å². The third-order valence-corrected chi connectivity index (χ3v) is 4.52. The number of rotatable bonds is 5. The first kappa shape index (κ1) is 23.2. The number of aromatic nitrogens is 3. The van der Waals surface area contributed by atoms with Gasteiger partial charge in [0.1, 0.15) is 5.60 Å². The standard InChI is InChI=1S/C22H24F3N5O2/c1-13(15-6-5-7-16(11-15)22(23,24)25)27-19-17-10-14(8-9-18(17)28-30-29-19)12-26-20(31)32-21(2,3)4/h5-11,13H,12H2,1-4H3,(H,26,31)(H,27,28,29)/t13-/m1/s1. The molecule has 2 aromatic carbocycles. The number of fused-ring (bicyclic) bond motifs is 1. The van der Waals surface area contributed by atoms with Gasteiger partial charge >= 0.3 is 12.3 Å². The fourth-order valence-corrected chi connectivity index (χ4v) is 3.01. The Morgan fingerprint density at radius 1 is 1.09 bits per heavy atom. The molecule has 0 aliphatic carbocycles. The van der Waals surface area contributed by atoms with Crippen LogP contribution in [0.4, 0.5) is 23.8 Å². The Balaban J connectivity index is 1.80. The van der Waals surface area contributed by atoms with Crippen molar-refractivity contribution < 1.29 is 22.7 Å². The van der Waals surface area contributed by atoms with Crippen LogP contribution in [-0.4, -0.2) is 27.1 Å². The van der Waals surface area contributed by atoms with Gasteiger partial charge in [-0.05, 0) is 68.3 Å². The number of amides is 1. The average molecular weight is 447 g/mol. The summed E-state index contributed by atoms with van der Waals surface area (Å²) in [4.78, 5) is 11.9. The van der Waals surface area contributed by atoms with Gasteiger partial charge in [-0.15, -0.1) is 10.2 Å². The van der Waals surface area contributed by atoms with Crippen molar-refractivity contribution in [3.63, 3.8) is 0 Å². The lowest BCUT2D eigenvalue weighted by Gasteiger charge is -2.20. The van der Waals surface area contributed by atoms with E-state index in [1.807, 2.05) is 0 Å². The van der Waals surface area contributed by atoms with Gasteiger partial charge in [-0.2, -0.15) is 13.2 Å². The summed E-state index contributed by atoms with van der Waals surface area (Å²) in [6.45, 7) is 7.27. The van der Waals surface area contributed by atoms with Gasteiger partial charge in [0.05, 0.1) is 17.1 Å². The lowest BCUT2D eigenvalue weighted by atomic mass is 10.0. The number of hydrogen-bond acceptors (Lipinski definition) is 6. The van der Waals surface area contributed by atoms with Crippen LogP contribution in [0.5, 0.6) is 0 Å². The minimum atomic E-state index is -4.42. The van der Waals surface area contributed by atoms with Crippen molar-refractivity contribution in [2.24, 2.45) is 0 Å². The van der Waals surface area contributed by atoms with E-state index in [1.54, 1.807) is 52.0 Å². The first-order valence-electron chi connectivity index (χ1n) is 9.95. The highest BCUT2D eigenvalue weighted by molar-refractivity contribution is 5.89. The van der Waals surface area contributed by atoms with Crippen molar-refractivity contribution in [2.75, 3.05) is 5.32 Å². The average Bonchev–Trinajstić information content (AvgIpc) is 2.71. The molecule has 1 amide bonds. The predicted octanol–water partition coefficient (Wildman–Crippen LogP) is 5.24. The number of hydrogen-bond donors (Lipinski definition) is 2. The number of halogens is 3. The first-order chi connectivity index (χ1) is 14.9. The number of anilines is 1. The zero-order chi connectivity index (χ0) is 23.5. The molecule has 1 aromatic heterocycles. The molecule has 3 rings (SSSR count). The number of carbonyl (C=O) groups is 1. The van der Waals surface area contributed by atoms with Crippen LogP contribution in [0, 0.1) is 0 Å². The van der Waals surface area contributed by atoms with Crippen molar-refractivity contribution in [1.29, 1.82) is 0 Å². The maximum Gasteiger partial charge on any atom is 0.416 e. The van der Waals surface area contributed by atoms with Crippen molar-refractivity contribution in [3.05, 3.63) is 59.2 Å². The smallest absolute Gasteiger partial charge is 0.416 e. The van der Waals surface area contributed by atoms with Gasteiger partial charge in [0, 0.05) is 11.9 Å². The van der Waals surface area contributed by atoms with E-state index in [-0.39, 0.29) is 6.54 Å². The molecule has 0 unspecified atom stereocenters. The Morgan fingerprint density at radius 3 is 2.53 bits per heavy atom. The minimum Gasteiger partial charge on any atom is -0.444 e. The summed E-state index contributed by atoms with van der Waals surface area (Å²) in [7, 11) is 0. The summed E-state index contributed by atoms with van der Waals surface area (Å²) in [5, 5.41) is 18.2. The summed E-state index contributed by atoms with van der Waals surface area (Å²) in [5.74, 6) is 0.374. The summed E-state index contributed by atoms with van der Waals surface area (Å²) in [5.41, 5.74) is 0.454. The van der Waals surface area contributed by atoms with Crippen LogP contribution in [0.2, 0.25) is 0 Å². The van der Waals surface area contributed by atoms with E-state index in [0.29, 0.717) is 22.3 Å². The number of alkyl halides is 3. The van der Waals surface area contributed by atoms with E-state index in [2.05, 4.69) is 26.0 Å². The highest BCUT2D eigenvalue weighted by Gasteiger charge is 2.30. The predicted molar refractivity (Wildman–Crippen MR) is 114 cm³/mol. The molecule has 0 aliphatic rings. The van der Waals surface area contributed by atoms with Gasteiger partial charge in [-0.3, -0.25) is 0 Å². The molecular formula is C22H24F3N5O2. The third kappa shape index (κ3) is 6.05. The molecule has 0 saturated carbocycles. The van der Waals surface area contributed by atoms with E-state index < -0.39 is 29.5 Å². The summed E-state index contributed by atoms with van der Waals surface area (Å²) < 4.78 is 44.4. The lowest BCUT2D eigenvalue weighted by Crippen LogP contribution is -2.32. The van der Waals surface area contributed by atoms with E-state index in [1.165, 1.54) is 6.07 Å². The topological polar surface area (TPSA) is 89.0 Å². The Hall–Kier alpha value is -3.43. The Labute approximate surface area is 183 Å². The van der Waals surface area contributed by atoms with Crippen LogP contribution >= 0.6 is 0 Å².